The molecular formula is C14H12BrFO. The average Bonchev–Trinajstić information content (AvgIpc) is 2.31. The van der Waals surface area contributed by atoms with Crippen molar-refractivity contribution in [3.05, 3.63) is 52.3 Å². The van der Waals surface area contributed by atoms with Gasteiger partial charge in [-0.2, -0.15) is 0 Å². The molecule has 88 valence electrons. The predicted molar refractivity (Wildman–Crippen MR) is 70.8 cm³/mol. The van der Waals surface area contributed by atoms with Gasteiger partial charge in [0, 0.05) is 5.56 Å². The molecule has 1 nitrogen and oxygen atoms in total. The van der Waals surface area contributed by atoms with Gasteiger partial charge in [0.05, 0.1) is 11.6 Å². The summed E-state index contributed by atoms with van der Waals surface area (Å²) < 4.78 is 19.9. The number of hydrogen-bond donors (Lipinski definition) is 0. The predicted octanol–water partition coefficient (Wildman–Crippen LogP) is 4.57. The minimum Gasteiger partial charge on any atom is -0.492 e. The Morgan fingerprint density at radius 1 is 1.06 bits per heavy atom. The van der Waals surface area contributed by atoms with E-state index in [1.165, 1.54) is 7.11 Å². The van der Waals surface area contributed by atoms with Crippen molar-refractivity contribution in [3.63, 3.8) is 0 Å². The molecule has 0 aliphatic rings. The van der Waals surface area contributed by atoms with Crippen molar-refractivity contribution in [1.82, 2.24) is 0 Å². The molecule has 0 fully saturated rings. The van der Waals surface area contributed by atoms with Gasteiger partial charge >= 0.3 is 0 Å². The smallest absolute Gasteiger partial charge is 0.174 e. The van der Waals surface area contributed by atoms with E-state index in [9.17, 15) is 4.39 Å². The first-order valence-corrected chi connectivity index (χ1v) is 6.02. The topological polar surface area (TPSA) is 9.23 Å². The second-order valence-electron chi connectivity index (χ2n) is 3.76. The Kier molecular flexibility index (Phi) is 3.48. The van der Waals surface area contributed by atoms with Gasteiger partial charge in [-0.25, -0.2) is 4.39 Å². The zero-order chi connectivity index (χ0) is 12.4. The first kappa shape index (κ1) is 12.1. The van der Waals surface area contributed by atoms with E-state index < -0.39 is 0 Å². The number of benzene rings is 2. The largest absolute Gasteiger partial charge is 0.492 e. The first-order chi connectivity index (χ1) is 8.15. The van der Waals surface area contributed by atoms with E-state index >= 15 is 0 Å². The van der Waals surface area contributed by atoms with E-state index in [0.717, 1.165) is 11.1 Å². The summed E-state index contributed by atoms with van der Waals surface area (Å²) in [5.41, 5.74) is 2.48. The summed E-state index contributed by atoms with van der Waals surface area (Å²) in [7, 11) is 1.46. The number of rotatable bonds is 2. The van der Waals surface area contributed by atoms with Crippen LogP contribution in [0.1, 0.15) is 5.56 Å². The Balaban J connectivity index is 2.65. The molecule has 2 aromatic carbocycles. The molecule has 0 N–H and O–H groups in total. The molecule has 0 unspecified atom stereocenters. The molecule has 0 amide bonds. The highest BCUT2D eigenvalue weighted by Crippen LogP contribution is 2.35. The van der Waals surface area contributed by atoms with Gasteiger partial charge in [-0.3, -0.25) is 0 Å². The molecule has 0 aromatic heterocycles. The average molecular weight is 295 g/mol. The van der Waals surface area contributed by atoms with Crippen molar-refractivity contribution >= 4 is 15.9 Å². The van der Waals surface area contributed by atoms with Crippen molar-refractivity contribution in [2.75, 3.05) is 7.11 Å². The number of methoxy groups -OCH3 is 1. The molecule has 0 saturated heterocycles. The lowest BCUT2D eigenvalue weighted by atomic mass is 10.00. The van der Waals surface area contributed by atoms with Crippen LogP contribution in [-0.4, -0.2) is 7.11 Å². The van der Waals surface area contributed by atoms with Crippen LogP contribution in [0, 0.1) is 12.7 Å². The van der Waals surface area contributed by atoms with Crippen LogP contribution in [0.25, 0.3) is 11.1 Å². The maximum absolute atomic E-state index is 14.2. The third-order valence-electron chi connectivity index (χ3n) is 2.69. The monoisotopic (exact) mass is 294 g/mol. The van der Waals surface area contributed by atoms with E-state index in [1.54, 1.807) is 12.1 Å². The van der Waals surface area contributed by atoms with Gasteiger partial charge in [0.2, 0.25) is 0 Å². The van der Waals surface area contributed by atoms with Crippen LogP contribution in [0.3, 0.4) is 0 Å². The van der Waals surface area contributed by atoms with E-state index in [0.29, 0.717) is 10.0 Å². The summed E-state index contributed by atoms with van der Waals surface area (Å²) in [5, 5.41) is 0. The van der Waals surface area contributed by atoms with Crippen molar-refractivity contribution in [3.8, 4) is 16.9 Å². The standard InChI is InChI=1S/C14H12BrFO/c1-9-5-3-4-6-10(9)11-7-8-12(15)14(17-2)13(11)16/h3-8H,1-2H3. The normalized spacial score (nSPS) is 10.4. The maximum Gasteiger partial charge on any atom is 0.174 e. The number of ether oxygens (including phenoxy) is 1. The van der Waals surface area contributed by atoms with Gasteiger partial charge in [0.25, 0.3) is 0 Å². The van der Waals surface area contributed by atoms with Crippen LogP contribution < -0.4 is 4.74 Å². The van der Waals surface area contributed by atoms with Crippen molar-refractivity contribution in [2.45, 2.75) is 6.92 Å². The van der Waals surface area contributed by atoms with Gasteiger partial charge in [-0.1, -0.05) is 30.3 Å². The van der Waals surface area contributed by atoms with Gasteiger partial charge in [0.15, 0.2) is 11.6 Å². The second-order valence-corrected chi connectivity index (χ2v) is 4.61. The number of hydrogen-bond acceptors (Lipinski definition) is 1. The molecule has 0 bridgehead atoms. The third-order valence-corrected chi connectivity index (χ3v) is 3.31. The second kappa shape index (κ2) is 4.88. The molecule has 0 atom stereocenters. The first-order valence-electron chi connectivity index (χ1n) is 5.23. The molecule has 0 saturated carbocycles. The summed E-state index contributed by atoms with van der Waals surface area (Å²) in [4.78, 5) is 0. The molecule has 0 aliphatic heterocycles. The van der Waals surface area contributed by atoms with Crippen molar-refractivity contribution in [1.29, 1.82) is 0 Å². The lowest BCUT2D eigenvalue weighted by Gasteiger charge is -2.11. The molecule has 3 heteroatoms. The van der Waals surface area contributed by atoms with Crippen LogP contribution in [0.4, 0.5) is 4.39 Å². The van der Waals surface area contributed by atoms with Gasteiger partial charge in [-0.05, 0) is 40.0 Å². The van der Waals surface area contributed by atoms with Crippen LogP contribution in [0.5, 0.6) is 5.75 Å². The maximum atomic E-state index is 14.2. The minimum atomic E-state index is -0.337. The van der Waals surface area contributed by atoms with E-state index in [2.05, 4.69) is 15.9 Å². The highest BCUT2D eigenvalue weighted by molar-refractivity contribution is 9.10. The lowest BCUT2D eigenvalue weighted by molar-refractivity contribution is 0.384. The fraction of sp³-hybridized carbons (Fsp3) is 0.143. The summed E-state index contributed by atoms with van der Waals surface area (Å²) in [6.07, 6.45) is 0. The Labute approximate surface area is 108 Å². The third kappa shape index (κ3) is 2.20. The SMILES string of the molecule is COc1c(Br)ccc(-c2ccccc2C)c1F. The van der Waals surface area contributed by atoms with Gasteiger partial charge in [0.1, 0.15) is 0 Å². The molecule has 0 heterocycles. The fourth-order valence-electron chi connectivity index (χ4n) is 1.80. The minimum absolute atomic E-state index is 0.241. The molecule has 17 heavy (non-hydrogen) atoms. The van der Waals surface area contributed by atoms with Gasteiger partial charge < -0.3 is 4.74 Å². The molecule has 0 aliphatic carbocycles. The highest BCUT2D eigenvalue weighted by Gasteiger charge is 2.14. The number of halogens is 2. The lowest BCUT2D eigenvalue weighted by Crippen LogP contribution is -1.94. The molecule has 0 spiro atoms. The summed E-state index contributed by atoms with van der Waals surface area (Å²) in [5.74, 6) is -0.0954. The molecular weight excluding hydrogens is 283 g/mol. The zero-order valence-corrected chi connectivity index (χ0v) is 11.2. The fourth-order valence-corrected chi connectivity index (χ4v) is 2.27. The Morgan fingerprint density at radius 3 is 2.41 bits per heavy atom. The quantitative estimate of drug-likeness (QED) is 0.788. The summed E-state index contributed by atoms with van der Waals surface area (Å²) in [6.45, 7) is 1.96. The summed E-state index contributed by atoms with van der Waals surface area (Å²) in [6, 6.07) is 11.3. The Bertz CT molecular complexity index is 552. The van der Waals surface area contributed by atoms with E-state index in [1.807, 2.05) is 31.2 Å². The Hall–Kier alpha value is -1.35. The Morgan fingerprint density at radius 2 is 1.76 bits per heavy atom. The molecule has 0 radical (unpaired) electrons. The van der Waals surface area contributed by atoms with Crippen LogP contribution in [0.2, 0.25) is 0 Å². The van der Waals surface area contributed by atoms with Gasteiger partial charge in [-0.15, -0.1) is 0 Å². The zero-order valence-electron chi connectivity index (χ0n) is 9.63. The number of aryl methyl sites for hydroxylation is 1. The van der Waals surface area contributed by atoms with Crippen LogP contribution in [-0.2, 0) is 0 Å². The molecule has 2 aromatic rings. The van der Waals surface area contributed by atoms with Crippen LogP contribution in [0.15, 0.2) is 40.9 Å². The molecule has 2 rings (SSSR count). The van der Waals surface area contributed by atoms with E-state index in [4.69, 9.17) is 4.74 Å². The van der Waals surface area contributed by atoms with Crippen molar-refractivity contribution < 1.29 is 9.13 Å². The van der Waals surface area contributed by atoms with E-state index in [-0.39, 0.29) is 11.6 Å². The summed E-state index contributed by atoms with van der Waals surface area (Å²) >= 11 is 3.27. The van der Waals surface area contributed by atoms with Crippen molar-refractivity contribution in [2.24, 2.45) is 0 Å². The van der Waals surface area contributed by atoms with Crippen LogP contribution >= 0.6 is 15.9 Å². The highest BCUT2D eigenvalue weighted by atomic mass is 79.9.